The lowest BCUT2D eigenvalue weighted by Crippen LogP contribution is -2.32. The van der Waals surface area contributed by atoms with Gasteiger partial charge < -0.3 is 9.73 Å². The first-order valence-electron chi connectivity index (χ1n) is 7.83. The lowest BCUT2D eigenvalue weighted by atomic mass is 10.1. The molecule has 1 aliphatic heterocycles. The smallest absolute Gasteiger partial charge is 0.261 e. The molecule has 0 bridgehead atoms. The van der Waals surface area contributed by atoms with Crippen molar-refractivity contribution in [3.63, 3.8) is 0 Å². The number of hydrogen-bond acceptors (Lipinski definition) is 4. The number of fused-ring (bicyclic) bond motifs is 1. The van der Waals surface area contributed by atoms with E-state index in [1.54, 1.807) is 24.3 Å². The third-order valence-corrected chi connectivity index (χ3v) is 3.92. The molecule has 1 aliphatic rings. The topological polar surface area (TPSA) is 79.6 Å². The molecule has 0 fully saturated rings. The molecule has 2 aromatic rings. The van der Waals surface area contributed by atoms with Crippen LogP contribution in [0.5, 0.6) is 0 Å². The van der Waals surface area contributed by atoms with Crippen LogP contribution in [0, 0.1) is 6.92 Å². The third-order valence-electron chi connectivity index (χ3n) is 3.92. The molecule has 3 amide bonds. The average molecular weight is 326 g/mol. The highest BCUT2D eigenvalue weighted by molar-refractivity contribution is 6.21. The van der Waals surface area contributed by atoms with E-state index in [2.05, 4.69) is 5.32 Å². The second-order valence-corrected chi connectivity index (χ2v) is 5.70. The Morgan fingerprint density at radius 2 is 1.75 bits per heavy atom. The fourth-order valence-electron chi connectivity index (χ4n) is 2.69. The summed E-state index contributed by atoms with van der Waals surface area (Å²) in [6, 6.07) is 10.4. The van der Waals surface area contributed by atoms with Gasteiger partial charge in [0.25, 0.3) is 11.8 Å². The summed E-state index contributed by atoms with van der Waals surface area (Å²) in [5, 5.41) is 2.76. The maximum atomic E-state index is 12.2. The van der Waals surface area contributed by atoms with Crippen LogP contribution in [0.15, 0.2) is 40.8 Å². The van der Waals surface area contributed by atoms with Gasteiger partial charge in [0, 0.05) is 13.0 Å². The van der Waals surface area contributed by atoms with Crippen molar-refractivity contribution in [1.82, 2.24) is 10.2 Å². The second kappa shape index (κ2) is 6.70. The van der Waals surface area contributed by atoms with Crippen LogP contribution in [0.1, 0.15) is 45.1 Å². The number of benzene rings is 1. The highest BCUT2D eigenvalue weighted by Gasteiger charge is 2.34. The lowest BCUT2D eigenvalue weighted by molar-refractivity contribution is -0.121. The Kier molecular flexibility index (Phi) is 4.46. The zero-order valence-corrected chi connectivity index (χ0v) is 13.4. The Hall–Kier alpha value is -2.89. The molecule has 0 unspecified atom stereocenters. The van der Waals surface area contributed by atoms with Crippen molar-refractivity contribution in [3.8, 4) is 0 Å². The van der Waals surface area contributed by atoms with Gasteiger partial charge in [0.05, 0.1) is 17.7 Å². The van der Waals surface area contributed by atoms with E-state index in [0.29, 0.717) is 29.9 Å². The summed E-state index contributed by atoms with van der Waals surface area (Å²) in [6.45, 7) is 2.41. The second-order valence-electron chi connectivity index (χ2n) is 5.70. The number of nitrogens with zero attached hydrogens (tertiary/aromatic N) is 1. The Bertz CT molecular complexity index is 759. The number of furan rings is 1. The van der Waals surface area contributed by atoms with E-state index >= 15 is 0 Å². The van der Waals surface area contributed by atoms with Gasteiger partial charge in [-0.2, -0.15) is 0 Å². The van der Waals surface area contributed by atoms with Crippen LogP contribution in [0.2, 0.25) is 0 Å². The molecule has 0 radical (unpaired) electrons. The van der Waals surface area contributed by atoms with E-state index in [1.165, 1.54) is 4.90 Å². The molecule has 124 valence electrons. The summed E-state index contributed by atoms with van der Waals surface area (Å²) < 4.78 is 5.37. The van der Waals surface area contributed by atoms with Gasteiger partial charge in [0.2, 0.25) is 5.91 Å². The summed E-state index contributed by atoms with van der Waals surface area (Å²) in [6.07, 6.45) is 0.668. The van der Waals surface area contributed by atoms with Crippen molar-refractivity contribution < 1.29 is 18.8 Å². The molecule has 1 aromatic heterocycles. The minimum atomic E-state index is -0.290. The third kappa shape index (κ3) is 3.22. The largest absolute Gasteiger partial charge is 0.465 e. The lowest BCUT2D eigenvalue weighted by Gasteiger charge is -2.13. The Morgan fingerprint density at radius 3 is 2.33 bits per heavy atom. The molecular formula is C18H18N2O4. The first-order valence-corrected chi connectivity index (χ1v) is 7.83. The predicted molar refractivity (Wildman–Crippen MR) is 86.3 cm³/mol. The fraction of sp³-hybridized carbons (Fsp3) is 0.278. The van der Waals surface area contributed by atoms with Gasteiger partial charge in [-0.3, -0.25) is 19.3 Å². The van der Waals surface area contributed by atoms with Crippen molar-refractivity contribution >= 4 is 17.7 Å². The molecule has 0 spiro atoms. The summed E-state index contributed by atoms with van der Waals surface area (Å²) in [5.41, 5.74) is 0.861. The number of rotatable bonds is 6. The fourth-order valence-corrected chi connectivity index (χ4v) is 2.69. The predicted octanol–water partition coefficient (Wildman–Crippen LogP) is 2.28. The SMILES string of the molecule is Cc1ccc(CNC(=O)CCCN2C(=O)c3ccccc3C2=O)o1. The zero-order valence-electron chi connectivity index (χ0n) is 13.4. The number of aryl methyl sites for hydroxylation is 1. The highest BCUT2D eigenvalue weighted by atomic mass is 16.3. The Labute approximate surface area is 139 Å². The molecular weight excluding hydrogens is 308 g/mol. The molecule has 0 atom stereocenters. The van der Waals surface area contributed by atoms with Gasteiger partial charge in [-0.1, -0.05) is 12.1 Å². The van der Waals surface area contributed by atoms with Gasteiger partial charge >= 0.3 is 0 Å². The summed E-state index contributed by atoms with van der Waals surface area (Å²) >= 11 is 0. The van der Waals surface area contributed by atoms with Crippen molar-refractivity contribution in [1.29, 1.82) is 0 Å². The minimum Gasteiger partial charge on any atom is -0.465 e. The van der Waals surface area contributed by atoms with Crippen LogP contribution in [0.4, 0.5) is 0 Å². The maximum Gasteiger partial charge on any atom is 0.261 e. The van der Waals surface area contributed by atoms with Crippen LogP contribution in [0.3, 0.4) is 0 Å². The van der Waals surface area contributed by atoms with Gasteiger partial charge in [0.1, 0.15) is 11.5 Å². The molecule has 3 rings (SSSR count). The molecule has 1 aromatic carbocycles. The summed E-state index contributed by atoms with van der Waals surface area (Å²) in [4.78, 5) is 37.4. The van der Waals surface area contributed by atoms with Gasteiger partial charge in [-0.25, -0.2) is 0 Å². The number of imide groups is 1. The van der Waals surface area contributed by atoms with Crippen molar-refractivity contribution in [2.45, 2.75) is 26.3 Å². The van der Waals surface area contributed by atoms with E-state index in [0.717, 1.165) is 5.76 Å². The quantitative estimate of drug-likeness (QED) is 0.826. The van der Waals surface area contributed by atoms with Crippen molar-refractivity contribution in [2.75, 3.05) is 6.54 Å². The van der Waals surface area contributed by atoms with E-state index in [9.17, 15) is 14.4 Å². The average Bonchev–Trinajstić information content (AvgIpc) is 3.10. The number of amides is 3. The molecule has 0 saturated heterocycles. The molecule has 24 heavy (non-hydrogen) atoms. The van der Waals surface area contributed by atoms with Crippen molar-refractivity contribution in [2.24, 2.45) is 0 Å². The Balaban J connectivity index is 1.46. The first kappa shape index (κ1) is 16.0. The molecule has 2 heterocycles. The number of hydrogen-bond donors (Lipinski definition) is 1. The van der Waals surface area contributed by atoms with Crippen LogP contribution in [0.25, 0.3) is 0 Å². The Morgan fingerprint density at radius 1 is 1.08 bits per heavy atom. The molecule has 6 nitrogen and oxygen atoms in total. The monoisotopic (exact) mass is 326 g/mol. The van der Waals surface area contributed by atoms with E-state index < -0.39 is 0 Å². The van der Waals surface area contributed by atoms with E-state index in [4.69, 9.17) is 4.42 Å². The summed E-state index contributed by atoms with van der Waals surface area (Å²) in [7, 11) is 0. The maximum absolute atomic E-state index is 12.2. The molecule has 0 aliphatic carbocycles. The normalized spacial score (nSPS) is 13.3. The van der Waals surface area contributed by atoms with Gasteiger partial charge in [-0.15, -0.1) is 0 Å². The number of nitrogens with one attached hydrogen (secondary N) is 1. The highest BCUT2D eigenvalue weighted by Crippen LogP contribution is 2.22. The van der Waals surface area contributed by atoms with E-state index in [-0.39, 0.29) is 30.7 Å². The van der Waals surface area contributed by atoms with Crippen LogP contribution in [-0.2, 0) is 11.3 Å². The van der Waals surface area contributed by atoms with Crippen LogP contribution < -0.4 is 5.32 Å². The minimum absolute atomic E-state index is 0.138. The zero-order chi connectivity index (χ0) is 17.1. The number of carbonyl (C=O) groups is 3. The van der Waals surface area contributed by atoms with Crippen LogP contribution >= 0.6 is 0 Å². The van der Waals surface area contributed by atoms with Crippen LogP contribution in [-0.4, -0.2) is 29.2 Å². The molecule has 1 N–H and O–H groups in total. The van der Waals surface area contributed by atoms with Crippen molar-refractivity contribution in [3.05, 3.63) is 59.0 Å². The van der Waals surface area contributed by atoms with Gasteiger partial charge in [0.15, 0.2) is 0 Å². The molecule has 6 heteroatoms. The first-order chi connectivity index (χ1) is 11.6. The molecule has 0 saturated carbocycles. The van der Waals surface area contributed by atoms with E-state index in [1.807, 2.05) is 19.1 Å². The van der Waals surface area contributed by atoms with Gasteiger partial charge in [-0.05, 0) is 37.6 Å². The standard InChI is InChI=1S/C18H18N2O4/c1-12-8-9-13(24-12)11-19-16(21)7-4-10-20-17(22)14-5-2-3-6-15(14)18(20)23/h2-3,5-6,8-9H,4,7,10-11H2,1H3,(H,19,21). The summed E-state index contributed by atoms with van der Waals surface area (Å²) in [5.74, 6) is 0.774. The number of carbonyl (C=O) groups excluding carboxylic acids is 3.